The lowest BCUT2D eigenvalue weighted by molar-refractivity contribution is 0.350. The van der Waals surface area contributed by atoms with Gasteiger partial charge in [0.15, 0.2) is 11.5 Å². The Morgan fingerprint density at radius 3 is 2.50 bits per heavy atom. The first-order valence-electron chi connectivity index (χ1n) is 6.39. The maximum Gasteiger partial charge on any atom is 0.165 e. The molecule has 4 heteroatoms. The lowest BCUT2D eigenvalue weighted by atomic mass is 10.1. The first-order valence-corrected chi connectivity index (χ1v) is 6.39. The first kappa shape index (κ1) is 14.3. The smallest absolute Gasteiger partial charge is 0.165 e. The van der Waals surface area contributed by atoms with Crippen LogP contribution in [0.3, 0.4) is 0 Å². The second kappa shape index (κ2) is 6.91. The van der Waals surface area contributed by atoms with E-state index in [-0.39, 0.29) is 5.82 Å². The zero-order valence-corrected chi connectivity index (χ0v) is 11.7. The fraction of sp³-hybridized carbons (Fsp3) is 0.250. The van der Waals surface area contributed by atoms with Gasteiger partial charge in [0.1, 0.15) is 5.82 Å². The summed E-state index contributed by atoms with van der Waals surface area (Å²) >= 11 is 0. The summed E-state index contributed by atoms with van der Waals surface area (Å²) in [5.41, 5.74) is 1.91. The number of nitrogens with one attached hydrogen (secondary N) is 1. The van der Waals surface area contributed by atoms with E-state index in [4.69, 9.17) is 9.47 Å². The second-order valence-electron chi connectivity index (χ2n) is 4.39. The Morgan fingerprint density at radius 1 is 1.00 bits per heavy atom. The van der Waals surface area contributed by atoms with E-state index >= 15 is 0 Å². The molecule has 0 amide bonds. The highest BCUT2D eigenvalue weighted by molar-refractivity contribution is 5.46. The summed E-state index contributed by atoms with van der Waals surface area (Å²) in [5, 5.41) is 3.27. The third-order valence-electron chi connectivity index (χ3n) is 3.02. The number of para-hydroxylation sites is 1. The summed E-state index contributed by atoms with van der Waals surface area (Å²) in [7, 11) is 3.23. The van der Waals surface area contributed by atoms with Crippen LogP contribution < -0.4 is 14.8 Å². The maximum atomic E-state index is 13.1. The average Bonchev–Trinajstić information content (AvgIpc) is 2.47. The molecule has 2 rings (SSSR count). The third-order valence-corrected chi connectivity index (χ3v) is 3.02. The topological polar surface area (TPSA) is 30.5 Å². The van der Waals surface area contributed by atoms with E-state index in [0.29, 0.717) is 18.8 Å². The van der Waals surface area contributed by atoms with Crippen molar-refractivity contribution in [1.29, 1.82) is 0 Å². The van der Waals surface area contributed by atoms with Gasteiger partial charge in [-0.1, -0.05) is 24.3 Å². The number of rotatable bonds is 6. The molecule has 0 aliphatic heterocycles. The molecule has 0 aliphatic rings. The minimum atomic E-state index is -0.219. The van der Waals surface area contributed by atoms with Crippen LogP contribution in [0.1, 0.15) is 11.1 Å². The van der Waals surface area contributed by atoms with Crippen molar-refractivity contribution in [3.63, 3.8) is 0 Å². The Labute approximate surface area is 118 Å². The summed E-state index contributed by atoms with van der Waals surface area (Å²) in [6.45, 7) is 1.22. The summed E-state index contributed by atoms with van der Waals surface area (Å²) < 4.78 is 23.7. The Bertz CT molecular complexity index is 572. The van der Waals surface area contributed by atoms with Gasteiger partial charge in [-0.15, -0.1) is 0 Å². The van der Waals surface area contributed by atoms with E-state index in [0.717, 1.165) is 16.9 Å². The third kappa shape index (κ3) is 3.48. The molecule has 1 N–H and O–H groups in total. The van der Waals surface area contributed by atoms with Gasteiger partial charge in [-0.25, -0.2) is 4.39 Å². The van der Waals surface area contributed by atoms with Gasteiger partial charge in [-0.2, -0.15) is 0 Å². The van der Waals surface area contributed by atoms with Gasteiger partial charge in [0.05, 0.1) is 14.2 Å². The van der Waals surface area contributed by atoms with E-state index in [1.165, 1.54) is 12.1 Å². The standard InChI is InChI=1S/C16H18FNO2/c1-19-15-8-4-6-13(16(15)20-2)11-18-10-12-5-3-7-14(17)9-12/h3-9,18H,10-11H2,1-2H3. The Kier molecular flexibility index (Phi) is 4.96. The van der Waals surface area contributed by atoms with Crippen molar-refractivity contribution in [3.05, 3.63) is 59.4 Å². The quantitative estimate of drug-likeness (QED) is 0.878. The van der Waals surface area contributed by atoms with E-state index in [9.17, 15) is 4.39 Å². The summed E-state index contributed by atoms with van der Waals surface area (Å²) in [5.74, 6) is 1.21. The molecular weight excluding hydrogens is 257 g/mol. The van der Waals surface area contributed by atoms with Crippen LogP contribution in [-0.2, 0) is 13.1 Å². The largest absolute Gasteiger partial charge is 0.493 e. The molecule has 0 spiro atoms. The number of methoxy groups -OCH3 is 2. The van der Waals surface area contributed by atoms with Gasteiger partial charge in [0.2, 0.25) is 0 Å². The highest BCUT2D eigenvalue weighted by Crippen LogP contribution is 2.30. The van der Waals surface area contributed by atoms with E-state index in [2.05, 4.69) is 5.32 Å². The molecule has 20 heavy (non-hydrogen) atoms. The Balaban J connectivity index is 2.01. The Morgan fingerprint density at radius 2 is 1.80 bits per heavy atom. The molecular formula is C16H18FNO2. The second-order valence-corrected chi connectivity index (χ2v) is 4.39. The van der Waals surface area contributed by atoms with Crippen LogP contribution >= 0.6 is 0 Å². The molecule has 0 heterocycles. The number of benzene rings is 2. The molecule has 0 aromatic heterocycles. The first-order chi connectivity index (χ1) is 9.74. The molecule has 2 aromatic rings. The maximum absolute atomic E-state index is 13.1. The summed E-state index contributed by atoms with van der Waals surface area (Å²) in [6, 6.07) is 12.3. The molecule has 0 atom stereocenters. The minimum absolute atomic E-state index is 0.219. The lowest BCUT2D eigenvalue weighted by Crippen LogP contribution is -2.13. The van der Waals surface area contributed by atoms with E-state index < -0.39 is 0 Å². The highest BCUT2D eigenvalue weighted by Gasteiger charge is 2.08. The van der Waals surface area contributed by atoms with Crippen molar-refractivity contribution >= 4 is 0 Å². The average molecular weight is 275 g/mol. The van der Waals surface area contributed by atoms with Gasteiger partial charge in [0.25, 0.3) is 0 Å². The van der Waals surface area contributed by atoms with Crippen molar-refractivity contribution in [1.82, 2.24) is 5.32 Å². The van der Waals surface area contributed by atoms with Crippen LogP contribution in [0, 0.1) is 5.82 Å². The summed E-state index contributed by atoms with van der Waals surface area (Å²) in [6.07, 6.45) is 0. The molecule has 0 saturated carbocycles. The van der Waals surface area contributed by atoms with Crippen molar-refractivity contribution in [2.75, 3.05) is 14.2 Å². The highest BCUT2D eigenvalue weighted by atomic mass is 19.1. The van der Waals surface area contributed by atoms with Crippen LogP contribution in [0.15, 0.2) is 42.5 Å². The molecule has 0 radical (unpaired) electrons. The van der Waals surface area contributed by atoms with Gasteiger partial charge < -0.3 is 14.8 Å². The van der Waals surface area contributed by atoms with E-state index in [1.54, 1.807) is 20.3 Å². The van der Waals surface area contributed by atoms with Gasteiger partial charge >= 0.3 is 0 Å². The van der Waals surface area contributed by atoms with Gasteiger partial charge in [-0.05, 0) is 23.8 Å². The summed E-state index contributed by atoms with van der Waals surface area (Å²) in [4.78, 5) is 0. The van der Waals surface area contributed by atoms with Crippen molar-refractivity contribution in [3.8, 4) is 11.5 Å². The fourth-order valence-corrected chi connectivity index (χ4v) is 2.08. The molecule has 0 aliphatic carbocycles. The predicted molar refractivity (Wildman–Crippen MR) is 76.5 cm³/mol. The SMILES string of the molecule is COc1cccc(CNCc2cccc(F)c2)c1OC. The van der Waals surface area contributed by atoms with Gasteiger partial charge in [0, 0.05) is 18.7 Å². The van der Waals surface area contributed by atoms with Crippen molar-refractivity contribution in [2.45, 2.75) is 13.1 Å². The molecule has 0 unspecified atom stereocenters. The van der Waals surface area contributed by atoms with Crippen LogP contribution in [0.5, 0.6) is 11.5 Å². The Hall–Kier alpha value is -2.07. The predicted octanol–water partition coefficient (Wildman–Crippen LogP) is 3.13. The molecule has 3 nitrogen and oxygen atoms in total. The molecule has 0 fully saturated rings. The number of ether oxygens (including phenoxy) is 2. The lowest BCUT2D eigenvalue weighted by Gasteiger charge is -2.13. The van der Waals surface area contributed by atoms with E-state index in [1.807, 2.05) is 24.3 Å². The molecule has 2 aromatic carbocycles. The normalized spacial score (nSPS) is 10.3. The fourth-order valence-electron chi connectivity index (χ4n) is 2.08. The van der Waals surface area contributed by atoms with Crippen molar-refractivity contribution < 1.29 is 13.9 Å². The zero-order valence-electron chi connectivity index (χ0n) is 11.7. The monoisotopic (exact) mass is 275 g/mol. The van der Waals surface area contributed by atoms with Gasteiger partial charge in [-0.3, -0.25) is 0 Å². The van der Waals surface area contributed by atoms with Crippen molar-refractivity contribution in [2.24, 2.45) is 0 Å². The molecule has 106 valence electrons. The van der Waals surface area contributed by atoms with Crippen LogP contribution in [0.4, 0.5) is 4.39 Å². The minimum Gasteiger partial charge on any atom is -0.493 e. The molecule has 0 saturated heterocycles. The van der Waals surface area contributed by atoms with Crippen LogP contribution in [0.2, 0.25) is 0 Å². The van der Waals surface area contributed by atoms with Crippen LogP contribution in [-0.4, -0.2) is 14.2 Å². The number of halogens is 1. The zero-order chi connectivity index (χ0) is 14.4. The van der Waals surface area contributed by atoms with Crippen LogP contribution in [0.25, 0.3) is 0 Å². The number of hydrogen-bond acceptors (Lipinski definition) is 3. The number of hydrogen-bond donors (Lipinski definition) is 1. The molecule has 0 bridgehead atoms.